The number of aromatic amines is 1. The zero-order valence-corrected chi connectivity index (χ0v) is 17.1. The predicted octanol–water partition coefficient (Wildman–Crippen LogP) is 3.71. The maximum Gasteiger partial charge on any atom is 0.262 e. The van der Waals surface area contributed by atoms with Crippen LogP contribution in [0.5, 0.6) is 5.75 Å². The van der Waals surface area contributed by atoms with Gasteiger partial charge in [-0.3, -0.25) is 9.69 Å². The minimum atomic E-state index is -0.117. The molecule has 2 aliphatic rings. The van der Waals surface area contributed by atoms with Crippen molar-refractivity contribution in [1.82, 2.24) is 24.6 Å². The van der Waals surface area contributed by atoms with Crippen LogP contribution in [0.1, 0.15) is 50.5 Å². The summed E-state index contributed by atoms with van der Waals surface area (Å²) in [4.78, 5) is 22.6. The summed E-state index contributed by atoms with van der Waals surface area (Å²) < 4.78 is 7.94. The molecule has 29 heavy (non-hydrogen) atoms. The van der Waals surface area contributed by atoms with Gasteiger partial charge in [-0.15, -0.1) is 0 Å². The summed E-state index contributed by atoms with van der Waals surface area (Å²) in [5.74, 6) is 1.46. The highest BCUT2D eigenvalue weighted by molar-refractivity contribution is 6.30. The van der Waals surface area contributed by atoms with E-state index in [-0.39, 0.29) is 17.7 Å². The molecule has 3 aromatic rings. The maximum atomic E-state index is 12.6. The van der Waals surface area contributed by atoms with Crippen molar-refractivity contribution in [1.29, 1.82) is 0 Å². The van der Waals surface area contributed by atoms with E-state index in [1.54, 1.807) is 6.20 Å². The average Bonchev–Trinajstić information content (AvgIpc) is 3.33. The topological polar surface area (TPSA) is 76.0 Å². The highest BCUT2D eigenvalue weighted by atomic mass is 35.5. The Kier molecular flexibility index (Phi) is 4.80. The first-order valence-electron chi connectivity index (χ1n) is 10.2. The molecule has 1 aliphatic heterocycles. The van der Waals surface area contributed by atoms with Crippen LogP contribution in [-0.4, -0.2) is 43.8 Å². The van der Waals surface area contributed by atoms with Gasteiger partial charge in [-0.2, -0.15) is 5.10 Å². The monoisotopic (exact) mass is 413 g/mol. The summed E-state index contributed by atoms with van der Waals surface area (Å²) in [6.45, 7) is 3.62. The van der Waals surface area contributed by atoms with E-state index in [0.29, 0.717) is 27.9 Å². The highest BCUT2D eigenvalue weighted by Gasteiger charge is 2.34. The van der Waals surface area contributed by atoms with Crippen molar-refractivity contribution >= 4 is 22.6 Å². The Labute approximate surface area is 173 Å². The Hall–Kier alpha value is -2.38. The first-order chi connectivity index (χ1) is 14.1. The summed E-state index contributed by atoms with van der Waals surface area (Å²) in [5, 5.41) is 5.71. The van der Waals surface area contributed by atoms with Crippen LogP contribution >= 0.6 is 11.6 Å². The molecule has 3 heterocycles. The molecule has 7 nitrogen and oxygen atoms in total. The van der Waals surface area contributed by atoms with E-state index in [1.807, 2.05) is 28.9 Å². The third kappa shape index (κ3) is 3.53. The number of hydrogen-bond acceptors (Lipinski definition) is 5. The normalized spacial score (nSPS) is 19.5. The molecule has 0 unspecified atom stereocenters. The minimum absolute atomic E-state index is 0.00163. The van der Waals surface area contributed by atoms with Crippen LogP contribution in [0.2, 0.25) is 5.02 Å². The molecule has 8 heteroatoms. The van der Waals surface area contributed by atoms with E-state index < -0.39 is 0 Å². The maximum absolute atomic E-state index is 12.6. The zero-order valence-electron chi connectivity index (χ0n) is 16.3. The molecule has 2 aromatic heterocycles. The Morgan fingerprint density at radius 3 is 2.83 bits per heavy atom. The lowest BCUT2D eigenvalue weighted by Gasteiger charge is -2.42. The number of ether oxygens (including phenoxy) is 1. The fourth-order valence-electron chi connectivity index (χ4n) is 4.33. The molecule has 1 atom stereocenters. The van der Waals surface area contributed by atoms with Gasteiger partial charge in [-0.1, -0.05) is 30.5 Å². The predicted molar refractivity (Wildman–Crippen MR) is 112 cm³/mol. The first-order valence-corrected chi connectivity index (χ1v) is 10.6. The van der Waals surface area contributed by atoms with Gasteiger partial charge in [0, 0.05) is 18.1 Å². The van der Waals surface area contributed by atoms with Crippen molar-refractivity contribution in [3.05, 3.63) is 51.7 Å². The Morgan fingerprint density at radius 1 is 1.28 bits per heavy atom. The summed E-state index contributed by atoms with van der Waals surface area (Å²) in [6, 6.07) is 7.80. The first kappa shape index (κ1) is 18.6. The van der Waals surface area contributed by atoms with Crippen LogP contribution in [0.3, 0.4) is 0 Å². The number of hydrogen-bond donors (Lipinski definition) is 1. The van der Waals surface area contributed by atoms with Crippen LogP contribution in [0.25, 0.3) is 11.0 Å². The van der Waals surface area contributed by atoms with Crippen LogP contribution < -0.4 is 10.3 Å². The van der Waals surface area contributed by atoms with E-state index in [0.717, 1.165) is 31.7 Å². The molecule has 1 N–H and O–H groups in total. The molecule has 1 saturated carbocycles. The summed E-state index contributed by atoms with van der Waals surface area (Å²) in [7, 11) is 0. The number of H-pyrrole nitrogens is 1. The van der Waals surface area contributed by atoms with E-state index >= 15 is 0 Å². The van der Waals surface area contributed by atoms with Gasteiger partial charge in [0.1, 0.15) is 23.1 Å². The quantitative estimate of drug-likeness (QED) is 0.690. The lowest BCUT2D eigenvalue weighted by molar-refractivity contribution is -0.00734. The van der Waals surface area contributed by atoms with E-state index in [1.165, 1.54) is 12.8 Å². The Balaban J connectivity index is 1.32. The second kappa shape index (κ2) is 7.46. The number of likely N-dealkylation sites (tertiary alicyclic amines) is 1. The van der Waals surface area contributed by atoms with Gasteiger partial charge < -0.3 is 9.72 Å². The van der Waals surface area contributed by atoms with Crippen molar-refractivity contribution < 1.29 is 4.74 Å². The van der Waals surface area contributed by atoms with Gasteiger partial charge in [0.15, 0.2) is 5.65 Å². The van der Waals surface area contributed by atoms with Crippen LogP contribution in [0, 0.1) is 0 Å². The number of aromatic nitrogens is 4. The fraction of sp³-hybridized carbons (Fsp3) is 0.476. The van der Waals surface area contributed by atoms with Crippen molar-refractivity contribution in [3.8, 4) is 5.75 Å². The summed E-state index contributed by atoms with van der Waals surface area (Å²) in [5.41, 5.74) is 0.586. The third-order valence-electron chi connectivity index (χ3n) is 6.07. The van der Waals surface area contributed by atoms with Gasteiger partial charge in [0.05, 0.1) is 18.3 Å². The van der Waals surface area contributed by atoms with Crippen molar-refractivity contribution in [3.63, 3.8) is 0 Å². The molecule has 152 valence electrons. The molecule has 0 radical (unpaired) electrons. The fourth-order valence-corrected chi connectivity index (χ4v) is 4.51. The number of halogens is 1. The number of fused-ring (bicyclic) bond motifs is 1. The van der Waals surface area contributed by atoms with Gasteiger partial charge >= 0.3 is 0 Å². The number of nitrogens with zero attached hydrogens (tertiary/aromatic N) is 4. The number of nitrogens with one attached hydrogen (secondary N) is 1. The second-order valence-electron chi connectivity index (χ2n) is 8.04. The smallest absolute Gasteiger partial charge is 0.262 e. The molecular weight excluding hydrogens is 390 g/mol. The molecule has 2 fully saturated rings. The number of benzene rings is 1. The second-order valence-corrected chi connectivity index (χ2v) is 8.48. The Bertz CT molecular complexity index is 1080. The van der Waals surface area contributed by atoms with Gasteiger partial charge in [0.25, 0.3) is 5.56 Å². The lowest BCUT2D eigenvalue weighted by atomic mass is 10.1. The molecular formula is C21H24ClN5O2. The van der Waals surface area contributed by atoms with Gasteiger partial charge in [-0.05, 0) is 38.0 Å². The molecule has 0 amide bonds. The molecule has 0 spiro atoms. The third-order valence-corrected chi connectivity index (χ3v) is 6.31. The molecule has 0 bridgehead atoms. The van der Waals surface area contributed by atoms with Crippen molar-refractivity contribution in [2.24, 2.45) is 0 Å². The average molecular weight is 414 g/mol. The van der Waals surface area contributed by atoms with Crippen LogP contribution in [0.4, 0.5) is 0 Å². The lowest BCUT2D eigenvalue weighted by Crippen LogP contribution is -2.54. The minimum Gasteiger partial charge on any atom is -0.488 e. The summed E-state index contributed by atoms with van der Waals surface area (Å²) >= 11 is 6.02. The molecule has 5 rings (SSSR count). The van der Waals surface area contributed by atoms with Gasteiger partial charge in [-0.25, -0.2) is 9.67 Å². The highest BCUT2D eigenvalue weighted by Crippen LogP contribution is 2.31. The molecule has 1 aliphatic carbocycles. The zero-order chi connectivity index (χ0) is 20.0. The molecule has 1 saturated heterocycles. The van der Waals surface area contributed by atoms with Crippen LogP contribution in [-0.2, 0) is 0 Å². The van der Waals surface area contributed by atoms with E-state index in [2.05, 4.69) is 21.9 Å². The van der Waals surface area contributed by atoms with Crippen molar-refractivity contribution in [2.75, 3.05) is 13.1 Å². The standard InChI is InChI=1S/C21H24ClN5O2/c1-13(26-11-17(12-26)29-16-8-4-5-14(22)9-16)19-24-20-18(21(28)25-19)10-23-27(20)15-6-2-3-7-15/h4-5,8-10,13,15,17H,2-3,6-7,11-12H2,1H3,(H,24,25,28)/t13-/m1/s1. The van der Waals surface area contributed by atoms with Gasteiger partial charge in [0.2, 0.25) is 0 Å². The Morgan fingerprint density at radius 2 is 2.07 bits per heavy atom. The molecule has 1 aromatic carbocycles. The van der Waals surface area contributed by atoms with Crippen molar-refractivity contribution in [2.45, 2.75) is 50.8 Å². The SMILES string of the molecule is C[C@H](c1nc2c(cnn2C2CCCC2)c(=O)[nH]1)N1CC(Oc2cccc(Cl)c2)C1. The summed E-state index contributed by atoms with van der Waals surface area (Å²) in [6.07, 6.45) is 6.37. The van der Waals surface area contributed by atoms with Crippen LogP contribution in [0.15, 0.2) is 35.3 Å². The van der Waals surface area contributed by atoms with E-state index in [9.17, 15) is 4.79 Å². The number of rotatable bonds is 5. The largest absolute Gasteiger partial charge is 0.488 e. The van der Waals surface area contributed by atoms with E-state index in [4.69, 9.17) is 21.3 Å².